The first-order chi connectivity index (χ1) is 15.3. The fourth-order valence-corrected chi connectivity index (χ4v) is 6.22. The lowest BCUT2D eigenvalue weighted by Gasteiger charge is -2.36. The average molecular weight is 461 g/mol. The summed E-state index contributed by atoms with van der Waals surface area (Å²) in [4.78, 5) is 17.3. The molecule has 0 unspecified atom stereocenters. The lowest BCUT2D eigenvalue weighted by Crippen LogP contribution is -2.52. The van der Waals surface area contributed by atoms with Gasteiger partial charge in [-0.2, -0.15) is 4.31 Å². The maximum atomic E-state index is 13.1. The van der Waals surface area contributed by atoms with Gasteiger partial charge in [-0.15, -0.1) is 0 Å². The van der Waals surface area contributed by atoms with E-state index >= 15 is 0 Å². The van der Waals surface area contributed by atoms with Crippen LogP contribution in [0.4, 0.5) is 0 Å². The number of rotatable bonds is 8. The van der Waals surface area contributed by atoms with Gasteiger partial charge in [0.1, 0.15) is 10.6 Å². The van der Waals surface area contributed by atoms with E-state index in [-0.39, 0.29) is 23.9 Å². The smallest absolute Gasteiger partial charge is 0.248 e. The minimum atomic E-state index is -3.68. The van der Waals surface area contributed by atoms with Gasteiger partial charge in [0.05, 0.1) is 6.54 Å². The van der Waals surface area contributed by atoms with E-state index in [0.717, 1.165) is 13.1 Å². The Bertz CT molecular complexity index is 1010. The molecule has 174 valence electrons. The zero-order chi connectivity index (χ0) is 22.7. The molecule has 32 heavy (non-hydrogen) atoms. The third-order valence-electron chi connectivity index (χ3n) is 6.51. The van der Waals surface area contributed by atoms with E-state index in [2.05, 4.69) is 22.2 Å². The Morgan fingerprint density at radius 2 is 1.81 bits per heavy atom. The third kappa shape index (κ3) is 5.05. The highest BCUT2D eigenvalue weighted by atomic mass is 32.2. The molecule has 0 atom stereocenters. The Labute approximate surface area is 190 Å². The molecule has 2 fully saturated rings. The molecular formula is C23H32N4O4S. The predicted octanol–water partition coefficient (Wildman–Crippen LogP) is 2.43. The molecule has 1 aliphatic carbocycles. The van der Waals surface area contributed by atoms with Crippen molar-refractivity contribution >= 4 is 15.9 Å². The third-order valence-corrected chi connectivity index (χ3v) is 8.65. The minimum Gasteiger partial charge on any atom is -0.360 e. The molecular weight excluding hydrogens is 428 g/mol. The zero-order valence-electron chi connectivity index (χ0n) is 18.9. The van der Waals surface area contributed by atoms with Crippen molar-refractivity contribution in [2.24, 2.45) is 5.92 Å². The number of piperazine rings is 1. The summed E-state index contributed by atoms with van der Waals surface area (Å²) in [5.74, 6) is 1.03. The Kier molecular flexibility index (Phi) is 6.97. The minimum absolute atomic E-state index is 0.0645. The summed E-state index contributed by atoms with van der Waals surface area (Å²) < 4.78 is 32.5. The molecule has 0 bridgehead atoms. The van der Waals surface area contributed by atoms with Crippen molar-refractivity contribution in [3.63, 3.8) is 0 Å². The number of aromatic nitrogens is 1. The second-order valence-electron chi connectivity index (χ2n) is 8.89. The van der Waals surface area contributed by atoms with E-state index in [1.165, 1.54) is 29.1 Å². The summed E-state index contributed by atoms with van der Waals surface area (Å²) in [7, 11) is -3.68. The van der Waals surface area contributed by atoms with E-state index in [0.29, 0.717) is 37.0 Å². The fraction of sp³-hybridized carbons (Fsp3) is 0.565. The summed E-state index contributed by atoms with van der Waals surface area (Å²) in [5, 5.41) is 3.77. The molecule has 0 radical (unpaired) electrons. The number of amides is 1. The normalized spacial score (nSPS) is 18.2. The summed E-state index contributed by atoms with van der Waals surface area (Å²) in [6.45, 7) is 6.63. The number of carbonyl (C=O) groups excluding carboxylic acids is 1. The number of hydrogen-bond acceptors (Lipinski definition) is 6. The monoisotopic (exact) mass is 460 g/mol. The molecule has 2 heterocycles. The Morgan fingerprint density at radius 1 is 1.12 bits per heavy atom. The predicted molar refractivity (Wildman–Crippen MR) is 120 cm³/mol. The fourth-order valence-electron chi connectivity index (χ4n) is 4.51. The maximum absolute atomic E-state index is 13.1. The topological polar surface area (TPSA) is 87.0 Å². The van der Waals surface area contributed by atoms with Crippen molar-refractivity contribution in [2.45, 2.75) is 44.6 Å². The van der Waals surface area contributed by atoms with Crippen molar-refractivity contribution in [3.8, 4) is 0 Å². The van der Waals surface area contributed by atoms with E-state index in [1.807, 2.05) is 18.2 Å². The highest BCUT2D eigenvalue weighted by Crippen LogP contribution is 2.28. The van der Waals surface area contributed by atoms with Crippen LogP contribution in [0.1, 0.15) is 36.3 Å². The van der Waals surface area contributed by atoms with Gasteiger partial charge < -0.3 is 9.42 Å². The molecule has 0 spiro atoms. The van der Waals surface area contributed by atoms with Crippen molar-refractivity contribution in [1.82, 2.24) is 19.3 Å². The maximum Gasteiger partial charge on any atom is 0.248 e. The van der Waals surface area contributed by atoms with Gasteiger partial charge in [0.2, 0.25) is 15.9 Å². The number of benzene rings is 1. The molecule has 0 N–H and O–H groups in total. The second-order valence-corrected chi connectivity index (χ2v) is 10.8. The second kappa shape index (κ2) is 9.72. The van der Waals surface area contributed by atoms with Crippen LogP contribution in [0.5, 0.6) is 0 Å². The summed E-state index contributed by atoms with van der Waals surface area (Å²) >= 11 is 0. The summed E-state index contributed by atoms with van der Waals surface area (Å²) in [5.41, 5.74) is 1.57. The molecule has 1 aliphatic heterocycles. The molecule has 1 aromatic carbocycles. The zero-order valence-corrected chi connectivity index (χ0v) is 19.7. The lowest BCUT2D eigenvalue weighted by atomic mass is 9.85. The van der Waals surface area contributed by atoms with Crippen LogP contribution < -0.4 is 0 Å². The number of aryl methyl sites for hydroxylation is 2. The van der Waals surface area contributed by atoms with Crippen LogP contribution in [0.3, 0.4) is 0 Å². The standard InChI is InChI=1S/C23H32N4O4S/c1-18-23(19(2)31-24-18)32(29,30)27-13-11-26(12-14-27)22(28)17-25(16-21-9-6-10-21)15-20-7-4-3-5-8-20/h3-5,7-8,21H,6,9-17H2,1-2H3. The molecule has 2 aliphatic rings. The molecule has 2 aromatic rings. The van der Waals surface area contributed by atoms with Crippen LogP contribution in [0.25, 0.3) is 0 Å². The van der Waals surface area contributed by atoms with Gasteiger partial charge in [-0.3, -0.25) is 9.69 Å². The molecule has 4 rings (SSSR count). The highest BCUT2D eigenvalue weighted by molar-refractivity contribution is 7.89. The van der Waals surface area contributed by atoms with Crippen molar-refractivity contribution in [3.05, 3.63) is 47.3 Å². The van der Waals surface area contributed by atoms with Crippen LogP contribution >= 0.6 is 0 Å². The van der Waals surface area contributed by atoms with Gasteiger partial charge in [-0.25, -0.2) is 8.42 Å². The summed E-state index contributed by atoms with van der Waals surface area (Å²) in [6, 6.07) is 10.2. The van der Waals surface area contributed by atoms with Gasteiger partial charge in [-0.1, -0.05) is 41.9 Å². The molecule has 1 aromatic heterocycles. The van der Waals surface area contributed by atoms with E-state index in [4.69, 9.17) is 4.52 Å². The first-order valence-corrected chi connectivity index (χ1v) is 12.8. The van der Waals surface area contributed by atoms with Gasteiger partial charge in [0, 0.05) is 39.3 Å². The van der Waals surface area contributed by atoms with Crippen LogP contribution in [0, 0.1) is 19.8 Å². The molecule has 8 nitrogen and oxygen atoms in total. The van der Waals surface area contributed by atoms with E-state index in [9.17, 15) is 13.2 Å². The molecule has 9 heteroatoms. The number of hydrogen-bond donors (Lipinski definition) is 0. The highest BCUT2D eigenvalue weighted by Gasteiger charge is 2.34. The molecule has 1 amide bonds. The van der Waals surface area contributed by atoms with E-state index in [1.54, 1.807) is 18.7 Å². The first kappa shape index (κ1) is 22.9. The number of carbonyl (C=O) groups is 1. The quantitative estimate of drug-likeness (QED) is 0.601. The Hall–Kier alpha value is -2.23. The molecule has 1 saturated carbocycles. The van der Waals surface area contributed by atoms with Crippen molar-refractivity contribution in [2.75, 3.05) is 39.3 Å². The van der Waals surface area contributed by atoms with Crippen molar-refractivity contribution < 1.29 is 17.7 Å². The SMILES string of the molecule is Cc1noc(C)c1S(=O)(=O)N1CCN(C(=O)CN(Cc2ccccc2)CC2CCC2)CC1. The van der Waals surface area contributed by atoms with Gasteiger partial charge in [0.15, 0.2) is 5.76 Å². The van der Waals surface area contributed by atoms with Crippen molar-refractivity contribution in [1.29, 1.82) is 0 Å². The number of sulfonamides is 1. The first-order valence-electron chi connectivity index (χ1n) is 11.3. The van der Waals surface area contributed by atoms with Crippen LogP contribution in [-0.2, 0) is 21.4 Å². The number of nitrogens with zero attached hydrogens (tertiary/aromatic N) is 4. The van der Waals surface area contributed by atoms with Gasteiger partial charge in [0.25, 0.3) is 0 Å². The largest absolute Gasteiger partial charge is 0.360 e. The summed E-state index contributed by atoms with van der Waals surface area (Å²) in [6.07, 6.45) is 3.74. The molecule has 1 saturated heterocycles. The van der Waals surface area contributed by atoms with Gasteiger partial charge >= 0.3 is 0 Å². The van der Waals surface area contributed by atoms with Crippen LogP contribution in [0.2, 0.25) is 0 Å². The van der Waals surface area contributed by atoms with E-state index < -0.39 is 10.0 Å². The average Bonchev–Trinajstić information content (AvgIpc) is 3.10. The Balaban J connectivity index is 1.36. The lowest BCUT2D eigenvalue weighted by molar-refractivity contribution is -0.134. The van der Waals surface area contributed by atoms with Gasteiger partial charge in [-0.05, 0) is 38.2 Å². The van der Waals surface area contributed by atoms with Crippen LogP contribution in [-0.4, -0.2) is 72.9 Å². The van der Waals surface area contributed by atoms with Crippen LogP contribution in [0.15, 0.2) is 39.8 Å². The Morgan fingerprint density at radius 3 is 2.38 bits per heavy atom.